The largest absolute Gasteiger partial charge is 0.428 e. The van der Waals surface area contributed by atoms with E-state index < -0.39 is 18.2 Å². The number of hydrogen-bond acceptors (Lipinski definition) is 9. The van der Waals surface area contributed by atoms with E-state index in [-0.39, 0.29) is 43.2 Å². The number of rotatable bonds is 22. The minimum atomic E-state index is -0.740. The second-order valence-corrected chi connectivity index (χ2v) is 12.2. The fourth-order valence-electron chi connectivity index (χ4n) is 5.16. The molecule has 0 heterocycles. The lowest BCUT2D eigenvalue weighted by atomic mass is 9.91. The quantitative estimate of drug-likeness (QED) is 0.0757. The Morgan fingerprint density at radius 1 is 1.02 bits per heavy atom. The molecule has 1 aliphatic rings. The molecule has 0 bridgehead atoms. The summed E-state index contributed by atoms with van der Waals surface area (Å²) in [5, 5.41) is 21.0. The second kappa shape index (κ2) is 21.5. The van der Waals surface area contributed by atoms with Gasteiger partial charge in [-0.25, -0.2) is 0 Å². The zero-order chi connectivity index (χ0) is 30.6. The molecule has 2 rings (SSSR count). The summed E-state index contributed by atoms with van der Waals surface area (Å²) < 4.78 is 15.2. The number of unbranched alkanes of at least 4 members (excludes halogenated alkanes) is 5. The van der Waals surface area contributed by atoms with E-state index in [2.05, 4.69) is 6.92 Å². The number of methoxy groups -OCH3 is 1. The molecule has 9 heteroatoms. The molecule has 0 saturated heterocycles. The van der Waals surface area contributed by atoms with Crippen molar-refractivity contribution in [1.82, 2.24) is 0 Å². The molecule has 1 saturated carbocycles. The zero-order valence-electron chi connectivity index (χ0n) is 25.3. The Labute approximate surface area is 255 Å². The van der Waals surface area contributed by atoms with Crippen molar-refractivity contribution in [3.8, 4) is 0 Å². The first-order valence-corrected chi connectivity index (χ1v) is 16.5. The van der Waals surface area contributed by atoms with E-state index in [1.165, 1.54) is 19.3 Å². The Balaban J connectivity index is 1.60. The zero-order valence-corrected chi connectivity index (χ0v) is 26.2. The molecule has 236 valence electrons. The predicted molar refractivity (Wildman–Crippen MR) is 165 cm³/mol. The van der Waals surface area contributed by atoms with Gasteiger partial charge in [0.25, 0.3) is 0 Å². The third kappa shape index (κ3) is 14.8. The van der Waals surface area contributed by atoms with Crippen molar-refractivity contribution < 1.29 is 38.8 Å². The predicted octanol–water partition coefficient (Wildman–Crippen LogP) is 5.56. The molecule has 0 spiro atoms. The van der Waals surface area contributed by atoms with Crippen LogP contribution in [0.25, 0.3) is 0 Å². The summed E-state index contributed by atoms with van der Waals surface area (Å²) in [7, 11) is 1.64. The van der Waals surface area contributed by atoms with Crippen molar-refractivity contribution in [2.45, 2.75) is 103 Å². The highest BCUT2D eigenvalue weighted by molar-refractivity contribution is 7.99. The normalized spacial score (nSPS) is 19.3. The molecule has 42 heavy (non-hydrogen) atoms. The number of Topliss-reactive ketones (excluding diaryl/α,β-unsaturated/α-hetero) is 1. The SMILES string of the molecule is CCCCCCCCC(=O)OCOC(=O)CCCSCC[C@H]1C(=O)C[C@@H](O)[C@@H]1C=C[C@@H](O)Cc1cccc(COC)c1. The molecule has 0 unspecified atom stereocenters. The molecule has 0 aromatic heterocycles. The minimum absolute atomic E-state index is 0.0501. The van der Waals surface area contributed by atoms with E-state index in [4.69, 9.17) is 14.2 Å². The molecule has 1 aliphatic carbocycles. The summed E-state index contributed by atoms with van der Waals surface area (Å²) >= 11 is 1.65. The van der Waals surface area contributed by atoms with Crippen molar-refractivity contribution in [3.05, 3.63) is 47.5 Å². The maximum absolute atomic E-state index is 12.5. The molecule has 1 aromatic rings. The molecule has 8 nitrogen and oxygen atoms in total. The van der Waals surface area contributed by atoms with Crippen LogP contribution < -0.4 is 0 Å². The van der Waals surface area contributed by atoms with Gasteiger partial charge in [0, 0.05) is 44.6 Å². The number of benzene rings is 1. The van der Waals surface area contributed by atoms with Crippen molar-refractivity contribution >= 4 is 29.5 Å². The Hall–Kier alpha value is -2.20. The van der Waals surface area contributed by atoms with Crippen LogP contribution in [0.3, 0.4) is 0 Å². The Morgan fingerprint density at radius 2 is 1.71 bits per heavy atom. The van der Waals surface area contributed by atoms with Gasteiger partial charge < -0.3 is 24.4 Å². The number of hydrogen-bond donors (Lipinski definition) is 2. The van der Waals surface area contributed by atoms with Crippen molar-refractivity contribution in [2.24, 2.45) is 11.8 Å². The monoisotopic (exact) mass is 606 g/mol. The van der Waals surface area contributed by atoms with Crippen LogP contribution in [0.1, 0.15) is 88.7 Å². The van der Waals surface area contributed by atoms with Gasteiger partial charge in [0.1, 0.15) is 5.78 Å². The van der Waals surface area contributed by atoms with Gasteiger partial charge in [-0.1, -0.05) is 75.4 Å². The summed E-state index contributed by atoms with van der Waals surface area (Å²) in [4.78, 5) is 36.2. The number of thioether (sulfide) groups is 1. The van der Waals surface area contributed by atoms with Gasteiger partial charge in [-0.05, 0) is 41.9 Å². The van der Waals surface area contributed by atoms with E-state index >= 15 is 0 Å². The molecule has 4 atom stereocenters. The topological polar surface area (TPSA) is 119 Å². The van der Waals surface area contributed by atoms with E-state index in [1.54, 1.807) is 31.0 Å². The molecule has 0 amide bonds. The molecular formula is C33H50O8S. The molecule has 2 N–H and O–H groups in total. The van der Waals surface area contributed by atoms with Crippen LogP contribution in [0, 0.1) is 11.8 Å². The van der Waals surface area contributed by atoms with Crippen LogP contribution in [0.5, 0.6) is 0 Å². The van der Waals surface area contributed by atoms with Crippen LogP contribution in [0.15, 0.2) is 36.4 Å². The van der Waals surface area contributed by atoms with E-state index in [9.17, 15) is 24.6 Å². The van der Waals surface area contributed by atoms with Crippen LogP contribution in [-0.2, 0) is 41.6 Å². The number of aliphatic hydroxyl groups is 2. The summed E-state index contributed by atoms with van der Waals surface area (Å²) in [6.45, 7) is 2.34. The van der Waals surface area contributed by atoms with Crippen LogP contribution in [-0.4, -0.2) is 65.6 Å². The Kier molecular flexibility index (Phi) is 18.4. The highest BCUT2D eigenvalue weighted by atomic mass is 32.2. The molecule has 0 aliphatic heterocycles. The molecule has 0 radical (unpaired) electrons. The first-order chi connectivity index (χ1) is 20.3. The number of esters is 2. The smallest absolute Gasteiger partial charge is 0.308 e. The number of ketones is 1. The van der Waals surface area contributed by atoms with Gasteiger partial charge in [0.2, 0.25) is 6.79 Å². The third-order valence-corrected chi connectivity index (χ3v) is 8.55. The van der Waals surface area contributed by atoms with Gasteiger partial charge >= 0.3 is 11.9 Å². The highest BCUT2D eigenvalue weighted by Gasteiger charge is 2.39. The van der Waals surface area contributed by atoms with E-state index in [0.717, 1.165) is 41.9 Å². The lowest BCUT2D eigenvalue weighted by Crippen LogP contribution is -2.20. The van der Waals surface area contributed by atoms with E-state index in [0.29, 0.717) is 32.3 Å². The van der Waals surface area contributed by atoms with Crippen molar-refractivity contribution in [1.29, 1.82) is 0 Å². The lowest BCUT2D eigenvalue weighted by molar-refractivity contribution is -0.167. The average molecular weight is 607 g/mol. The van der Waals surface area contributed by atoms with Crippen LogP contribution >= 0.6 is 11.8 Å². The fourth-order valence-corrected chi connectivity index (χ4v) is 6.13. The maximum Gasteiger partial charge on any atom is 0.308 e. The standard InChI is InChI=1S/C33H50O8S/c1-3-4-5-6-7-8-13-32(37)40-24-41-33(38)14-10-18-42-19-17-29-28(30(35)22-31(29)36)16-15-27(34)21-25-11-9-12-26(20-25)23-39-2/h9,11-12,15-16,20,27-30,34-35H,3-8,10,13-14,17-19,21-24H2,1-2H3/t27-,28-,29-,30-/m1/s1. The highest BCUT2D eigenvalue weighted by Crippen LogP contribution is 2.34. The van der Waals surface area contributed by atoms with Gasteiger partial charge in [-0.3, -0.25) is 14.4 Å². The first kappa shape index (κ1) is 36.0. The van der Waals surface area contributed by atoms with Crippen LogP contribution in [0.2, 0.25) is 0 Å². The maximum atomic E-state index is 12.5. The number of carbonyl (C=O) groups is 3. The second-order valence-electron chi connectivity index (χ2n) is 11.0. The number of carbonyl (C=O) groups excluding carboxylic acids is 3. The number of ether oxygens (including phenoxy) is 3. The Morgan fingerprint density at radius 3 is 2.45 bits per heavy atom. The molecule has 1 fully saturated rings. The molecular weight excluding hydrogens is 556 g/mol. The summed E-state index contributed by atoms with van der Waals surface area (Å²) in [5.41, 5.74) is 2.03. The van der Waals surface area contributed by atoms with Crippen molar-refractivity contribution in [3.63, 3.8) is 0 Å². The molecule has 1 aromatic carbocycles. The first-order valence-electron chi connectivity index (χ1n) is 15.4. The van der Waals surface area contributed by atoms with Gasteiger partial charge in [0.15, 0.2) is 0 Å². The fraction of sp³-hybridized carbons (Fsp3) is 0.667. The lowest BCUT2D eigenvalue weighted by Gasteiger charge is -2.18. The minimum Gasteiger partial charge on any atom is -0.428 e. The summed E-state index contributed by atoms with van der Waals surface area (Å²) in [6, 6.07) is 7.87. The van der Waals surface area contributed by atoms with E-state index in [1.807, 2.05) is 24.3 Å². The number of aliphatic hydroxyl groups excluding tert-OH is 2. The third-order valence-electron chi connectivity index (χ3n) is 7.45. The van der Waals surface area contributed by atoms with Gasteiger partial charge in [-0.2, -0.15) is 11.8 Å². The Bertz CT molecular complexity index is 965. The summed E-state index contributed by atoms with van der Waals surface area (Å²) in [5.74, 6) is 0.185. The van der Waals surface area contributed by atoms with Crippen molar-refractivity contribution in [2.75, 3.05) is 25.4 Å². The van der Waals surface area contributed by atoms with Gasteiger partial charge in [0.05, 0.1) is 18.8 Å². The van der Waals surface area contributed by atoms with Crippen LogP contribution in [0.4, 0.5) is 0 Å². The summed E-state index contributed by atoms with van der Waals surface area (Å²) in [6.07, 6.45) is 11.0. The van der Waals surface area contributed by atoms with Gasteiger partial charge in [-0.15, -0.1) is 0 Å². The average Bonchev–Trinajstić information content (AvgIpc) is 3.23.